The van der Waals surface area contributed by atoms with E-state index in [-0.39, 0.29) is 39.7 Å². The van der Waals surface area contributed by atoms with Crippen LogP contribution < -0.4 is 0 Å². The van der Waals surface area contributed by atoms with Gasteiger partial charge in [-0.1, -0.05) is 130 Å². The van der Waals surface area contributed by atoms with Crippen LogP contribution in [0.15, 0.2) is 131 Å². The molecule has 6 aromatic rings. The number of thioether (sulfide) groups is 1. The fourth-order valence-electron chi connectivity index (χ4n) is 6.62. The molecule has 0 fully saturated rings. The van der Waals surface area contributed by atoms with Gasteiger partial charge in [-0.15, -0.1) is 75.5 Å². The van der Waals surface area contributed by atoms with Gasteiger partial charge in [0.25, 0.3) is 0 Å². The predicted octanol–water partition coefficient (Wildman–Crippen LogP) is 13.4. The van der Waals surface area contributed by atoms with Crippen LogP contribution in [0.3, 0.4) is 0 Å². The molecule has 5 heteroatoms. The first-order valence-electron chi connectivity index (χ1n) is 15.5. The van der Waals surface area contributed by atoms with Gasteiger partial charge in [-0.05, 0) is 45.5 Å². The Balaban J connectivity index is 0.000000301. The minimum atomic E-state index is 0. The second-order valence-corrected chi connectivity index (χ2v) is 13.5. The SMILES string of the molecule is CC(C)C1=CC2=C(c3cccc4ccccc34)C(C)SC2=[C-]1.Cc1cc2c(-c3cccc4ccccc34)ccc(C)c2[cH-]1.Cl.Cl.[CH3-].[CH3-].[Si]=[Zr]. The van der Waals surface area contributed by atoms with Crippen LogP contribution in [0, 0.1) is 40.7 Å². The summed E-state index contributed by atoms with van der Waals surface area (Å²) in [6.45, 7) is 14.2. The van der Waals surface area contributed by atoms with Crippen LogP contribution in [0.2, 0.25) is 0 Å². The van der Waals surface area contributed by atoms with E-state index in [4.69, 9.17) is 0 Å². The summed E-state index contributed by atoms with van der Waals surface area (Å²) in [6, 6.07) is 39.6. The summed E-state index contributed by atoms with van der Waals surface area (Å²) < 4.78 is 0. The molecule has 0 saturated heterocycles. The Hall–Kier alpha value is -2.52. The summed E-state index contributed by atoms with van der Waals surface area (Å²) in [4.78, 5) is 1.33. The van der Waals surface area contributed by atoms with E-state index in [1.165, 1.54) is 105 Å². The number of fused-ring (bicyclic) bond motifs is 4. The van der Waals surface area contributed by atoms with E-state index >= 15 is 0 Å². The zero-order chi connectivity index (χ0) is 31.7. The van der Waals surface area contributed by atoms with E-state index in [1.807, 2.05) is 11.8 Å². The van der Waals surface area contributed by atoms with Crippen molar-refractivity contribution in [3.63, 3.8) is 0 Å². The molecule has 1 heterocycles. The van der Waals surface area contributed by atoms with Gasteiger partial charge in [-0.25, -0.2) is 6.08 Å². The van der Waals surface area contributed by atoms with Crippen LogP contribution in [0.1, 0.15) is 37.5 Å². The molecule has 0 amide bonds. The summed E-state index contributed by atoms with van der Waals surface area (Å²) in [6.07, 6.45) is 5.97. The Kier molecular flexibility index (Phi) is 16.2. The van der Waals surface area contributed by atoms with E-state index in [9.17, 15) is 0 Å². The molecular formula is C44H44Cl2SSiZr-4. The average molecular weight is 795 g/mol. The molecule has 2 aliphatic rings. The number of hydrogen-bond donors (Lipinski definition) is 0. The van der Waals surface area contributed by atoms with Crippen molar-refractivity contribution in [2.75, 3.05) is 0 Å². The first kappa shape index (κ1) is 42.6. The van der Waals surface area contributed by atoms with E-state index in [1.54, 1.807) is 0 Å². The summed E-state index contributed by atoms with van der Waals surface area (Å²) in [5.41, 5.74) is 10.9. The molecule has 1 atom stereocenters. The summed E-state index contributed by atoms with van der Waals surface area (Å²) in [5, 5.41) is 8.52. The Labute approximate surface area is 327 Å². The van der Waals surface area contributed by atoms with Crippen molar-refractivity contribution >= 4 is 81.3 Å². The van der Waals surface area contributed by atoms with Crippen molar-refractivity contribution in [3.8, 4) is 11.1 Å². The Bertz CT molecular complexity index is 2140. The number of aryl methyl sites for hydroxylation is 2. The molecule has 0 bridgehead atoms. The molecule has 1 aliphatic heterocycles. The fourth-order valence-corrected chi connectivity index (χ4v) is 7.82. The van der Waals surface area contributed by atoms with Gasteiger partial charge in [0.2, 0.25) is 0 Å². The molecular weight excluding hydrogens is 751 g/mol. The van der Waals surface area contributed by atoms with Gasteiger partial charge in [0.1, 0.15) is 0 Å². The van der Waals surface area contributed by atoms with Gasteiger partial charge < -0.3 is 14.9 Å². The predicted molar refractivity (Wildman–Crippen MR) is 223 cm³/mol. The first-order chi connectivity index (χ1) is 21.9. The summed E-state index contributed by atoms with van der Waals surface area (Å²) in [5.74, 6) is 0.537. The van der Waals surface area contributed by atoms with Gasteiger partial charge in [0.15, 0.2) is 0 Å². The molecule has 0 saturated carbocycles. The third-order valence-electron chi connectivity index (χ3n) is 8.82. The standard InChI is InChI=1S/C21H19S.C21H17.2CH3.2ClH.Si.Zr/c1-13(2)16-11-19-20(12-16)22-14(3)21(19)18-10-6-8-15-7-4-5-9-17(15)18;1-14-12-20-15(2)10-11-19(21(20)13-14)18-9-5-7-16-6-3-4-8-17(16)18;;;;;;/h4-11,13-14H,1-3H3;3-13H,1-2H3;2*1H3;2*1H;;/q4*-1;;;;. The molecule has 0 spiro atoms. The van der Waals surface area contributed by atoms with Crippen molar-refractivity contribution < 1.29 is 23.3 Å². The van der Waals surface area contributed by atoms with Crippen LogP contribution in [-0.2, 0) is 23.3 Å². The quantitative estimate of drug-likeness (QED) is 0.127. The second kappa shape index (κ2) is 18.6. The average Bonchev–Trinajstić information content (AvgIpc) is 3.74. The van der Waals surface area contributed by atoms with Crippen LogP contribution >= 0.6 is 36.6 Å². The van der Waals surface area contributed by atoms with Crippen LogP contribution in [0.5, 0.6) is 0 Å². The number of benzene rings is 5. The number of hydrogen-bond acceptors (Lipinski definition) is 1. The number of allylic oxidation sites excluding steroid dienone is 4. The van der Waals surface area contributed by atoms with E-state index in [0.29, 0.717) is 11.2 Å². The molecule has 0 aromatic heterocycles. The van der Waals surface area contributed by atoms with Crippen molar-refractivity contribution in [2.24, 2.45) is 5.92 Å². The molecule has 8 rings (SSSR count). The van der Waals surface area contributed by atoms with Crippen molar-refractivity contribution in [3.05, 3.63) is 169 Å². The van der Waals surface area contributed by atoms with Gasteiger partial charge in [0, 0.05) is 5.25 Å². The van der Waals surface area contributed by atoms with E-state index < -0.39 is 0 Å². The van der Waals surface area contributed by atoms with E-state index in [2.05, 4.69) is 163 Å². The second-order valence-electron chi connectivity index (χ2n) is 12.1. The van der Waals surface area contributed by atoms with Crippen molar-refractivity contribution in [1.82, 2.24) is 0 Å². The molecule has 2 radical (unpaired) electrons. The fraction of sp³-hybridized carbons (Fsp3) is 0.159. The minimum absolute atomic E-state index is 0. The third kappa shape index (κ3) is 8.52. The Morgan fingerprint density at radius 3 is 1.86 bits per heavy atom. The molecule has 1 aliphatic carbocycles. The number of rotatable bonds is 3. The van der Waals surface area contributed by atoms with Crippen LogP contribution in [0.25, 0.3) is 49.0 Å². The Morgan fingerprint density at radius 2 is 1.24 bits per heavy atom. The monoisotopic (exact) mass is 792 g/mol. The van der Waals surface area contributed by atoms with E-state index in [0.717, 1.165) is 0 Å². The molecule has 0 N–H and O–H groups in total. The summed E-state index contributed by atoms with van der Waals surface area (Å²) in [7, 11) is 0. The van der Waals surface area contributed by atoms with Crippen LogP contribution in [-0.4, -0.2) is 12.1 Å². The molecule has 252 valence electrons. The third-order valence-corrected chi connectivity index (χ3v) is 9.97. The van der Waals surface area contributed by atoms with Gasteiger partial charge in [-0.3, -0.25) is 0 Å². The summed E-state index contributed by atoms with van der Waals surface area (Å²) >= 11 is 3.30. The molecule has 49 heavy (non-hydrogen) atoms. The Morgan fingerprint density at radius 1 is 0.714 bits per heavy atom. The van der Waals surface area contributed by atoms with Gasteiger partial charge in [-0.2, -0.15) is 23.3 Å². The molecule has 6 aromatic carbocycles. The van der Waals surface area contributed by atoms with Gasteiger partial charge >= 0.3 is 30.2 Å². The maximum absolute atomic E-state index is 3.61. The number of halogens is 2. The van der Waals surface area contributed by atoms with Gasteiger partial charge in [0.05, 0.1) is 0 Å². The van der Waals surface area contributed by atoms with Crippen molar-refractivity contribution in [1.29, 1.82) is 0 Å². The van der Waals surface area contributed by atoms with Crippen molar-refractivity contribution in [2.45, 2.75) is 39.9 Å². The zero-order valence-corrected chi connectivity index (χ0v) is 35.3. The first-order valence-corrected chi connectivity index (χ1v) is 20.6. The molecule has 1 unspecified atom stereocenters. The molecule has 0 nitrogen and oxygen atoms in total. The normalized spacial score (nSPS) is 14.2. The van der Waals surface area contributed by atoms with Crippen LogP contribution in [0.4, 0.5) is 0 Å². The zero-order valence-electron chi connectivity index (χ0n) is 29.3. The topological polar surface area (TPSA) is 0 Å². The maximum atomic E-state index is 3.61.